The van der Waals surface area contributed by atoms with E-state index >= 15 is 0 Å². The lowest BCUT2D eigenvalue weighted by Gasteiger charge is -2.05. The number of nitriles is 1. The first-order valence-corrected chi connectivity index (χ1v) is 4.63. The van der Waals surface area contributed by atoms with E-state index in [4.69, 9.17) is 9.68 Å². The molecule has 0 aliphatic heterocycles. The Labute approximate surface area is 82.8 Å². The average molecular weight is 185 g/mol. The number of benzene rings is 1. The van der Waals surface area contributed by atoms with Crippen molar-refractivity contribution in [3.8, 4) is 6.07 Å². The monoisotopic (exact) mass is 185 g/mol. The topological polar surface area (TPSA) is 36.9 Å². The third-order valence-corrected chi connectivity index (χ3v) is 2.36. The molecule has 0 amide bonds. The van der Waals surface area contributed by atoms with Gasteiger partial charge in [0.2, 0.25) is 0 Å². The third-order valence-electron chi connectivity index (χ3n) is 2.36. The maximum atomic E-state index is 8.95. The van der Waals surface area contributed by atoms with Gasteiger partial charge in [0.15, 0.2) is 5.58 Å². The molecule has 0 aliphatic rings. The highest BCUT2D eigenvalue weighted by molar-refractivity contribution is 5.83. The molecular formula is C12H11NO. The van der Waals surface area contributed by atoms with Gasteiger partial charge in [-0.05, 0) is 29.7 Å². The van der Waals surface area contributed by atoms with Crippen molar-refractivity contribution in [3.05, 3.63) is 35.6 Å². The number of hydrogen-bond acceptors (Lipinski definition) is 2. The second kappa shape index (κ2) is 3.19. The minimum Gasteiger partial charge on any atom is -0.463 e. The molecule has 0 saturated heterocycles. The summed E-state index contributed by atoms with van der Waals surface area (Å²) in [6.07, 6.45) is 1.62. The van der Waals surface area contributed by atoms with Crippen molar-refractivity contribution in [2.24, 2.45) is 0 Å². The second-order valence-electron chi connectivity index (χ2n) is 3.67. The zero-order valence-corrected chi connectivity index (χ0v) is 8.24. The van der Waals surface area contributed by atoms with E-state index in [2.05, 4.69) is 26.0 Å². The maximum Gasteiger partial charge on any atom is 0.151 e. The molecule has 2 aromatic rings. The summed E-state index contributed by atoms with van der Waals surface area (Å²) in [5, 5.41) is 9.96. The van der Waals surface area contributed by atoms with E-state index in [0.29, 0.717) is 17.1 Å². The summed E-state index contributed by atoms with van der Waals surface area (Å²) in [4.78, 5) is 0. The standard InChI is InChI=1S/C12H11NO/c1-8(2)10-5-9-3-4-14-12(9)11(6-10)7-13/h3-6,8H,1-2H3. The van der Waals surface area contributed by atoms with Crippen LogP contribution in [0.15, 0.2) is 28.9 Å². The molecule has 0 bridgehead atoms. The molecule has 0 atom stereocenters. The van der Waals surface area contributed by atoms with Crippen molar-refractivity contribution in [3.63, 3.8) is 0 Å². The molecule has 2 nitrogen and oxygen atoms in total. The van der Waals surface area contributed by atoms with Gasteiger partial charge in [0.25, 0.3) is 0 Å². The fourth-order valence-corrected chi connectivity index (χ4v) is 1.52. The zero-order valence-electron chi connectivity index (χ0n) is 8.24. The van der Waals surface area contributed by atoms with Crippen LogP contribution in [-0.4, -0.2) is 0 Å². The molecule has 1 heterocycles. The van der Waals surface area contributed by atoms with Crippen LogP contribution in [0.5, 0.6) is 0 Å². The average Bonchev–Trinajstić information content (AvgIpc) is 2.63. The maximum absolute atomic E-state index is 8.95. The van der Waals surface area contributed by atoms with Crippen LogP contribution in [-0.2, 0) is 0 Å². The SMILES string of the molecule is CC(C)c1cc(C#N)c2occc2c1. The Bertz CT molecular complexity index is 503. The number of rotatable bonds is 1. The minimum absolute atomic E-state index is 0.432. The van der Waals surface area contributed by atoms with Crippen LogP contribution in [0.3, 0.4) is 0 Å². The second-order valence-corrected chi connectivity index (χ2v) is 3.67. The molecule has 0 fully saturated rings. The van der Waals surface area contributed by atoms with E-state index in [1.807, 2.05) is 12.1 Å². The number of nitrogens with zero attached hydrogens (tertiary/aromatic N) is 1. The molecule has 0 N–H and O–H groups in total. The van der Waals surface area contributed by atoms with Crippen LogP contribution < -0.4 is 0 Å². The molecule has 1 aromatic heterocycles. The van der Waals surface area contributed by atoms with E-state index in [-0.39, 0.29) is 0 Å². The summed E-state index contributed by atoms with van der Waals surface area (Å²) in [5.74, 6) is 0.432. The summed E-state index contributed by atoms with van der Waals surface area (Å²) >= 11 is 0. The molecule has 0 saturated carbocycles. The fourth-order valence-electron chi connectivity index (χ4n) is 1.52. The lowest BCUT2D eigenvalue weighted by atomic mass is 9.99. The van der Waals surface area contributed by atoms with Crippen molar-refractivity contribution in [2.45, 2.75) is 19.8 Å². The van der Waals surface area contributed by atoms with Gasteiger partial charge >= 0.3 is 0 Å². The van der Waals surface area contributed by atoms with E-state index in [0.717, 1.165) is 5.39 Å². The van der Waals surface area contributed by atoms with E-state index in [1.54, 1.807) is 6.26 Å². The smallest absolute Gasteiger partial charge is 0.151 e. The van der Waals surface area contributed by atoms with Crippen LogP contribution in [0.1, 0.15) is 30.9 Å². The first-order chi connectivity index (χ1) is 6.72. The Morgan fingerprint density at radius 1 is 1.36 bits per heavy atom. The van der Waals surface area contributed by atoms with Crippen LogP contribution in [0.4, 0.5) is 0 Å². The van der Waals surface area contributed by atoms with E-state index in [9.17, 15) is 0 Å². The molecule has 0 aliphatic carbocycles. The van der Waals surface area contributed by atoms with Gasteiger partial charge < -0.3 is 4.42 Å². The Kier molecular flexibility index (Phi) is 2.01. The molecular weight excluding hydrogens is 174 g/mol. The van der Waals surface area contributed by atoms with Gasteiger partial charge in [-0.3, -0.25) is 0 Å². The van der Waals surface area contributed by atoms with Crippen molar-refractivity contribution in [1.82, 2.24) is 0 Å². The van der Waals surface area contributed by atoms with E-state index in [1.165, 1.54) is 5.56 Å². The highest BCUT2D eigenvalue weighted by atomic mass is 16.3. The van der Waals surface area contributed by atoms with Crippen LogP contribution >= 0.6 is 0 Å². The largest absolute Gasteiger partial charge is 0.463 e. The van der Waals surface area contributed by atoms with Gasteiger partial charge in [0.05, 0.1) is 11.8 Å². The number of fused-ring (bicyclic) bond motifs is 1. The van der Waals surface area contributed by atoms with Gasteiger partial charge in [-0.1, -0.05) is 13.8 Å². The Balaban J connectivity index is 2.75. The first-order valence-electron chi connectivity index (χ1n) is 4.63. The molecule has 0 spiro atoms. The van der Waals surface area contributed by atoms with Gasteiger partial charge in [-0.25, -0.2) is 0 Å². The molecule has 1 aromatic carbocycles. The summed E-state index contributed by atoms with van der Waals surface area (Å²) < 4.78 is 5.25. The molecule has 2 heteroatoms. The van der Waals surface area contributed by atoms with Crippen molar-refractivity contribution >= 4 is 11.0 Å². The van der Waals surface area contributed by atoms with Gasteiger partial charge in [-0.15, -0.1) is 0 Å². The summed E-state index contributed by atoms with van der Waals surface area (Å²) in [6.45, 7) is 4.23. The molecule has 14 heavy (non-hydrogen) atoms. The van der Waals surface area contributed by atoms with Crippen LogP contribution in [0.25, 0.3) is 11.0 Å². The van der Waals surface area contributed by atoms with Crippen LogP contribution in [0, 0.1) is 11.3 Å². The van der Waals surface area contributed by atoms with Gasteiger partial charge in [0.1, 0.15) is 6.07 Å². The number of furan rings is 1. The lowest BCUT2D eigenvalue weighted by Crippen LogP contribution is -1.88. The van der Waals surface area contributed by atoms with Crippen molar-refractivity contribution in [2.75, 3.05) is 0 Å². The molecule has 0 radical (unpaired) electrons. The third kappa shape index (κ3) is 1.27. The Hall–Kier alpha value is -1.75. The lowest BCUT2D eigenvalue weighted by molar-refractivity contribution is 0.614. The summed E-state index contributed by atoms with van der Waals surface area (Å²) in [6, 6.07) is 8.02. The molecule has 0 unspecified atom stereocenters. The van der Waals surface area contributed by atoms with Crippen LogP contribution in [0.2, 0.25) is 0 Å². The summed E-state index contributed by atoms with van der Waals surface area (Å²) in [7, 11) is 0. The Morgan fingerprint density at radius 2 is 2.14 bits per heavy atom. The predicted octanol–water partition coefficient (Wildman–Crippen LogP) is 3.43. The van der Waals surface area contributed by atoms with Crippen molar-refractivity contribution in [1.29, 1.82) is 5.26 Å². The van der Waals surface area contributed by atoms with Gasteiger partial charge in [0, 0.05) is 5.39 Å². The van der Waals surface area contributed by atoms with E-state index < -0.39 is 0 Å². The molecule has 2 rings (SSSR count). The minimum atomic E-state index is 0.432. The first kappa shape index (κ1) is 8.83. The molecule has 70 valence electrons. The summed E-state index contributed by atoms with van der Waals surface area (Å²) in [5.41, 5.74) is 2.49. The highest BCUT2D eigenvalue weighted by Gasteiger charge is 2.08. The predicted molar refractivity (Wildman–Crippen MR) is 55.0 cm³/mol. The Morgan fingerprint density at radius 3 is 2.79 bits per heavy atom. The quantitative estimate of drug-likeness (QED) is 0.682. The van der Waals surface area contributed by atoms with Gasteiger partial charge in [-0.2, -0.15) is 5.26 Å². The fraction of sp³-hybridized carbons (Fsp3) is 0.250. The zero-order chi connectivity index (χ0) is 10.1. The highest BCUT2D eigenvalue weighted by Crippen LogP contribution is 2.25. The normalized spacial score (nSPS) is 10.7. The number of hydrogen-bond donors (Lipinski definition) is 0. The van der Waals surface area contributed by atoms with Crippen molar-refractivity contribution < 1.29 is 4.42 Å².